The Morgan fingerprint density at radius 1 is 1.16 bits per heavy atom. The van der Waals surface area contributed by atoms with E-state index in [0.717, 1.165) is 50.4 Å². The SMILES string of the molecule is CCn1ccnc1C1CCN(Cc2ccc(OC(F)(F)F)cc2)CC1. The minimum absolute atomic E-state index is 0.179. The highest BCUT2D eigenvalue weighted by Gasteiger charge is 2.31. The smallest absolute Gasteiger partial charge is 0.406 e. The third-order valence-electron chi connectivity index (χ3n) is 4.60. The number of rotatable bonds is 5. The van der Waals surface area contributed by atoms with E-state index in [1.165, 1.54) is 12.1 Å². The number of imidazole rings is 1. The van der Waals surface area contributed by atoms with E-state index in [2.05, 4.69) is 26.1 Å². The average Bonchev–Trinajstić information content (AvgIpc) is 3.05. The largest absolute Gasteiger partial charge is 0.573 e. The molecule has 0 spiro atoms. The summed E-state index contributed by atoms with van der Waals surface area (Å²) in [5.41, 5.74) is 0.989. The van der Waals surface area contributed by atoms with Crippen molar-refractivity contribution in [3.05, 3.63) is 48.0 Å². The zero-order valence-electron chi connectivity index (χ0n) is 14.2. The van der Waals surface area contributed by atoms with Crippen LogP contribution in [-0.4, -0.2) is 33.9 Å². The quantitative estimate of drug-likeness (QED) is 0.808. The number of nitrogens with zero attached hydrogens (tertiary/aromatic N) is 3. The van der Waals surface area contributed by atoms with Crippen molar-refractivity contribution >= 4 is 0 Å². The van der Waals surface area contributed by atoms with E-state index >= 15 is 0 Å². The number of aryl methyl sites for hydroxylation is 1. The number of likely N-dealkylation sites (tertiary alicyclic amines) is 1. The van der Waals surface area contributed by atoms with Crippen LogP contribution in [0, 0.1) is 0 Å². The Labute approximate surface area is 145 Å². The van der Waals surface area contributed by atoms with Crippen LogP contribution in [0.1, 0.15) is 37.1 Å². The van der Waals surface area contributed by atoms with Gasteiger partial charge in [0.05, 0.1) is 0 Å². The molecule has 7 heteroatoms. The molecule has 1 aromatic carbocycles. The van der Waals surface area contributed by atoms with Crippen molar-refractivity contribution in [2.45, 2.75) is 45.1 Å². The van der Waals surface area contributed by atoms with Gasteiger partial charge < -0.3 is 9.30 Å². The minimum atomic E-state index is -4.65. The van der Waals surface area contributed by atoms with Crippen LogP contribution >= 0.6 is 0 Å². The Bertz CT molecular complexity index is 674. The van der Waals surface area contributed by atoms with Crippen LogP contribution in [0.2, 0.25) is 0 Å². The summed E-state index contributed by atoms with van der Waals surface area (Å²) < 4.78 is 42.6. The molecule has 2 heterocycles. The molecule has 1 saturated heterocycles. The lowest BCUT2D eigenvalue weighted by atomic mass is 9.95. The molecule has 1 aromatic heterocycles. The number of piperidine rings is 1. The Hall–Kier alpha value is -2.02. The molecule has 0 saturated carbocycles. The minimum Gasteiger partial charge on any atom is -0.406 e. The molecule has 2 aromatic rings. The number of ether oxygens (including phenoxy) is 1. The molecule has 3 rings (SSSR count). The second-order valence-corrected chi connectivity index (χ2v) is 6.31. The van der Waals surface area contributed by atoms with Crippen LogP contribution in [0.4, 0.5) is 13.2 Å². The Balaban J connectivity index is 1.52. The molecule has 136 valence electrons. The van der Waals surface area contributed by atoms with Crippen molar-refractivity contribution in [2.75, 3.05) is 13.1 Å². The van der Waals surface area contributed by atoms with Gasteiger partial charge in [0.2, 0.25) is 0 Å². The Morgan fingerprint density at radius 2 is 1.84 bits per heavy atom. The van der Waals surface area contributed by atoms with Gasteiger partial charge in [0.25, 0.3) is 0 Å². The van der Waals surface area contributed by atoms with Gasteiger partial charge in [-0.1, -0.05) is 12.1 Å². The van der Waals surface area contributed by atoms with Gasteiger partial charge in [0, 0.05) is 31.4 Å². The summed E-state index contributed by atoms with van der Waals surface area (Å²) in [6.45, 7) is 5.71. The normalized spacial score (nSPS) is 17.0. The number of aromatic nitrogens is 2. The molecule has 0 atom stereocenters. The average molecular weight is 353 g/mol. The van der Waals surface area contributed by atoms with Gasteiger partial charge in [-0.3, -0.25) is 4.90 Å². The predicted octanol–water partition coefficient (Wildman–Crippen LogP) is 4.18. The first-order valence-corrected chi connectivity index (χ1v) is 8.52. The van der Waals surface area contributed by atoms with E-state index < -0.39 is 6.36 Å². The Morgan fingerprint density at radius 3 is 2.44 bits per heavy atom. The second kappa shape index (κ2) is 7.47. The zero-order valence-corrected chi connectivity index (χ0v) is 14.2. The van der Waals surface area contributed by atoms with Crippen molar-refractivity contribution in [3.8, 4) is 5.75 Å². The van der Waals surface area contributed by atoms with Crippen molar-refractivity contribution < 1.29 is 17.9 Å². The van der Waals surface area contributed by atoms with Gasteiger partial charge in [0.15, 0.2) is 0 Å². The summed E-state index contributed by atoms with van der Waals surface area (Å²) in [4.78, 5) is 6.83. The summed E-state index contributed by atoms with van der Waals surface area (Å²) in [6.07, 6.45) is 1.33. The van der Waals surface area contributed by atoms with Gasteiger partial charge in [-0.05, 0) is 50.6 Å². The van der Waals surface area contributed by atoms with Crippen LogP contribution in [0.5, 0.6) is 5.75 Å². The number of hydrogen-bond donors (Lipinski definition) is 0. The van der Waals surface area contributed by atoms with E-state index in [1.807, 2.05) is 12.4 Å². The van der Waals surface area contributed by atoms with Gasteiger partial charge in [-0.2, -0.15) is 0 Å². The molecule has 0 radical (unpaired) electrons. The number of hydrogen-bond acceptors (Lipinski definition) is 3. The van der Waals surface area contributed by atoms with Crippen molar-refractivity contribution in [1.82, 2.24) is 14.5 Å². The Kier molecular flexibility index (Phi) is 5.32. The van der Waals surface area contributed by atoms with Crippen LogP contribution in [0.25, 0.3) is 0 Å². The topological polar surface area (TPSA) is 30.3 Å². The molecule has 0 N–H and O–H groups in total. The molecule has 0 amide bonds. The molecule has 4 nitrogen and oxygen atoms in total. The highest BCUT2D eigenvalue weighted by Crippen LogP contribution is 2.28. The summed E-state index contributed by atoms with van der Waals surface area (Å²) >= 11 is 0. The van der Waals surface area contributed by atoms with E-state index in [4.69, 9.17) is 0 Å². The van der Waals surface area contributed by atoms with E-state index in [1.54, 1.807) is 12.1 Å². The van der Waals surface area contributed by atoms with Crippen LogP contribution < -0.4 is 4.74 Å². The number of halogens is 3. The molecule has 0 aliphatic carbocycles. The molecule has 1 aliphatic rings. The van der Waals surface area contributed by atoms with Crippen molar-refractivity contribution in [1.29, 1.82) is 0 Å². The summed E-state index contributed by atoms with van der Waals surface area (Å²) in [6, 6.07) is 6.12. The maximum atomic E-state index is 12.2. The highest BCUT2D eigenvalue weighted by molar-refractivity contribution is 5.27. The monoisotopic (exact) mass is 353 g/mol. The standard InChI is InChI=1S/C18H22F3N3O/c1-2-24-12-9-22-17(24)15-7-10-23(11-8-15)13-14-3-5-16(6-4-14)25-18(19,20)21/h3-6,9,12,15H,2,7-8,10-11,13H2,1H3. The van der Waals surface area contributed by atoms with Crippen molar-refractivity contribution in [2.24, 2.45) is 0 Å². The molecule has 1 fully saturated rings. The van der Waals surface area contributed by atoms with E-state index in [9.17, 15) is 13.2 Å². The predicted molar refractivity (Wildman–Crippen MR) is 88.3 cm³/mol. The van der Waals surface area contributed by atoms with Gasteiger partial charge in [0.1, 0.15) is 11.6 Å². The lowest BCUT2D eigenvalue weighted by molar-refractivity contribution is -0.274. The van der Waals surface area contributed by atoms with Crippen LogP contribution in [-0.2, 0) is 13.1 Å². The van der Waals surface area contributed by atoms with Crippen LogP contribution in [0.3, 0.4) is 0 Å². The van der Waals surface area contributed by atoms with E-state index in [0.29, 0.717) is 5.92 Å². The van der Waals surface area contributed by atoms with Gasteiger partial charge in [-0.15, -0.1) is 13.2 Å². The number of alkyl halides is 3. The zero-order chi connectivity index (χ0) is 17.9. The first-order valence-electron chi connectivity index (χ1n) is 8.52. The molecule has 1 aliphatic heterocycles. The first-order chi connectivity index (χ1) is 11.9. The molecule has 0 unspecified atom stereocenters. The van der Waals surface area contributed by atoms with Crippen molar-refractivity contribution in [3.63, 3.8) is 0 Å². The lowest BCUT2D eigenvalue weighted by Crippen LogP contribution is -2.33. The third kappa shape index (κ3) is 4.75. The fraction of sp³-hybridized carbons (Fsp3) is 0.500. The maximum absolute atomic E-state index is 12.2. The summed E-state index contributed by atoms with van der Waals surface area (Å²) in [5.74, 6) is 1.46. The fourth-order valence-electron chi connectivity index (χ4n) is 3.35. The highest BCUT2D eigenvalue weighted by atomic mass is 19.4. The van der Waals surface area contributed by atoms with Crippen LogP contribution in [0.15, 0.2) is 36.7 Å². The molecular weight excluding hydrogens is 331 g/mol. The lowest BCUT2D eigenvalue weighted by Gasteiger charge is -2.31. The summed E-state index contributed by atoms with van der Waals surface area (Å²) in [7, 11) is 0. The second-order valence-electron chi connectivity index (χ2n) is 6.31. The summed E-state index contributed by atoms with van der Waals surface area (Å²) in [5, 5.41) is 0. The van der Waals surface area contributed by atoms with E-state index in [-0.39, 0.29) is 5.75 Å². The molecule has 0 bridgehead atoms. The maximum Gasteiger partial charge on any atom is 0.573 e. The van der Waals surface area contributed by atoms with Gasteiger partial charge >= 0.3 is 6.36 Å². The van der Waals surface area contributed by atoms with Gasteiger partial charge in [-0.25, -0.2) is 4.98 Å². The molecule has 25 heavy (non-hydrogen) atoms. The molecular formula is C18H22F3N3O. The first kappa shape index (κ1) is 17.8. The fourth-order valence-corrected chi connectivity index (χ4v) is 3.35. The number of benzene rings is 1. The third-order valence-corrected chi connectivity index (χ3v) is 4.60.